The number of benzene rings is 1. The summed E-state index contributed by atoms with van der Waals surface area (Å²) < 4.78 is 5.56. The molecule has 7 heteroatoms. The van der Waals surface area contributed by atoms with Crippen LogP contribution >= 0.6 is 11.6 Å². The number of carboxylic acid groups (broad SMARTS) is 1. The third-order valence-corrected chi connectivity index (χ3v) is 4.58. The fourth-order valence-corrected chi connectivity index (χ4v) is 3.27. The fourth-order valence-electron chi connectivity index (χ4n) is 3.15. The Labute approximate surface area is 153 Å². The molecule has 138 valence electrons. The van der Waals surface area contributed by atoms with Crippen molar-refractivity contribution in [1.29, 1.82) is 0 Å². The van der Waals surface area contributed by atoms with E-state index < -0.39 is 11.9 Å². The van der Waals surface area contributed by atoms with Crippen LogP contribution in [0.25, 0.3) is 0 Å². The molecule has 1 saturated heterocycles. The minimum Gasteiger partial charge on any atom is -0.481 e. The Kier molecular flexibility index (Phi) is 7.23. The number of amides is 1. The molecule has 2 rings (SSSR count). The van der Waals surface area contributed by atoms with Crippen LogP contribution in [-0.4, -0.2) is 47.4 Å². The first-order valence-electron chi connectivity index (χ1n) is 8.53. The Bertz CT molecular complexity index is 593. The van der Waals surface area contributed by atoms with Crippen LogP contribution in [0.2, 0.25) is 5.02 Å². The van der Waals surface area contributed by atoms with Crippen molar-refractivity contribution in [1.82, 2.24) is 10.0 Å². The van der Waals surface area contributed by atoms with Gasteiger partial charge in [-0.25, -0.2) is 0 Å². The SMILES string of the molecule is CCCOCN(C)N1C(=O)[C@@H](CC(=O)O)CCC1c1ccc(Cl)cc1. The Hall–Kier alpha value is -1.63. The number of carbonyl (C=O) groups is 2. The molecule has 0 aromatic heterocycles. The lowest BCUT2D eigenvalue weighted by Gasteiger charge is -2.43. The molecule has 2 atom stereocenters. The van der Waals surface area contributed by atoms with Gasteiger partial charge < -0.3 is 9.84 Å². The van der Waals surface area contributed by atoms with Crippen LogP contribution in [0.5, 0.6) is 0 Å². The van der Waals surface area contributed by atoms with Gasteiger partial charge >= 0.3 is 5.97 Å². The van der Waals surface area contributed by atoms with Crippen molar-refractivity contribution in [2.24, 2.45) is 5.92 Å². The number of ether oxygens (including phenoxy) is 1. The van der Waals surface area contributed by atoms with Crippen LogP contribution < -0.4 is 0 Å². The van der Waals surface area contributed by atoms with Crippen LogP contribution in [0.1, 0.15) is 44.2 Å². The molecular formula is C18H25ClN2O4. The second kappa shape index (κ2) is 9.17. The lowest BCUT2D eigenvalue weighted by atomic mass is 9.87. The second-order valence-electron chi connectivity index (χ2n) is 6.32. The zero-order valence-electron chi connectivity index (χ0n) is 14.7. The van der Waals surface area contributed by atoms with E-state index in [1.165, 1.54) is 0 Å². The molecule has 1 aliphatic rings. The van der Waals surface area contributed by atoms with Gasteiger partial charge in [0.25, 0.3) is 0 Å². The highest BCUT2D eigenvalue weighted by Gasteiger charge is 2.39. The van der Waals surface area contributed by atoms with Crippen molar-refractivity contribution < 1.29 is 19.4 Å². The van der Waals surface area contributed by atoms with E-state index in [0.29, 0.717) is 24.5 Å². The zero-order chi connectivity index (χ0) is 18.4. The Morgan fingerprint density at radius 3 is 2.64 bits per heavy atom. The van der Waals surface area contributed by atoms with Crippen molar-refractivity contribution in [3.8, 4) is 0 Å². The highest BCUT2D eigenvalue weighted by atomic mass is 35.5. The first-order valence-corrected chi connectivity index (χ1v) is 8.91. The van der Waals surface area contributed by atoms with E-state index >= 15 is 0 Å². The molecular weight excluding hydrogens is 344 g/mol. The number of hydrogen-bond donors (Lipinski definition) is 1. The van der Waals surface area contributed by atoms with Crippen LogP contribution in [0.4, 0.5) is 0 Å². The number of hydrazine groups is 1. The maximum atomic E-state index is 12.9. The third kappa shape index (κ3) is 5.17. The van der Waals surface area contributed by atoms with Gasteiger partial charge in [-0.1, -0.05) is 30.7 Å². The maximum Gasteiger partial charge on any atom is 0.304 e. The summed E-state index contributed by atoms with van der Waals surface area (Å²) in [5.74, 6) is -1.63. The van der Waals surface area contributed by atoms with Crippen LogP contribution in [-0.2, 0) is 14.3 Å². The third-order valence-electron chi connectivity index (χ3n) is 4.33. The fraction of sp³-hybridized carbons (Fsp3) is 0.556. The lowest BCUT2D eigenvalue weighted by molar-refractivity contribution is -0.178. The monoisotopic (exact) mass is 368 g/mol. The second-order valence-corrected chi connectivity index (χ2v) is 6.75. The molecule has 1 amide bonds. The van der Waals surface area contributed by atoms with Crippen molar-refractivity contribution in [3.63, 3.8) is 0 Å². The van der Waals surface area contributed by atoms with Crippen LogP contribution in [0.3, 0.4) is 0 Å². The van der Waals surface area contributed by atoms with Gasteiger partial charge in [-0.3, -0.25) is 14.6 Å². The van der Waals surface area contributed by atoms with E-state index in [2.05, 4.69) is 0 Å². The minimum atomic E-state index is -0.951. The molecule has 0 saturated carbocycles. The van der Waals surface area contributed by atoms with Crippen LogP contribution in [0.15, 0.2) is 24.3 Å². The van der Waals surface area contributed by atoms with Crippen molar-refractivity contribution in [2.75, 3.05) is 20.4 Å². The van der Waals surface area contributed by atoms with E-state index in [4.69, 9.17) is 21.4 Å². The number of carboxylic acids is 1. The van der Waals surface area contributed by atoms with Gasteiger partial charge in [0.15, 0.2) is 0 Å². The quantitative estimate of drug-likeness (QED) is 0.563. The first kappa shape index (κ1) is 19.7. The Morgan fingerprint density at radius 1 is 1.36 bits per heavy atom. The van der Waals surface area contributed by atoms with Crippen molar-refractivity contribution in [3.05, 3.63) is 34.9 Å². The van der Waals surface area contributed by atoms with Gasteiger partial charge in [-0.2, -0.15) is 5.01 Å². The summed E-state index contributed by atoms with van der Waals surface area (Å²) in [6.07, 6.45) is 2.00. The smallest absolute Gasteiger partial charge is 0.304 e. The van der Waals surface area contributed by atoms with Crippen LogP contribution in [0, 0.1) is 5.92 Å². The molecule has 6 nitrogen and oxygen atoms in total. The summed E-state index contributed by atoms with van der Waals surface area (Å²) >= 11 is 5.97. The number of rotatable bonds is 8. The summed E-state index contributed by atoms with van der Waals surface area (Å²) in [7, 11) is 1.79. The Balaban J connectivity index is 2.22. The van der Waals surface area contributed by atoms with Gasteiger partial charge in [0.1, 0.15) is 6.73 Å². The van der Waals surface area contributed by atoms with E-state index in [1.54, 1.807) is 29.2 Å². The number of carbonyl (C=O) groups excluding carboxylic acids is 1. The average molecular weight is 369 g/mol. The largest absolute Gasteiger partial charge is 0.481 e. The molecule has 1 fully saturated rings. The topological polar surface area (TPSA) is 70.1 Å². The average Bonchev–Trinajstić information content (AvgIpc) is 2.57. The molecule has 1 N–H and O–H groups in total. The van der Waals surface area contributed by atoms with E-state index in [0.717, 1.165) is 12.0 Å². The Morgan fingerprint density at radius 2 is 2.04 bits per heavy atom. The predicted molar refractivity (Wildman–Crippen MR) is 94.9 cm³/mol. The number of aliphatic carboxylic acids is 1. The molecule has 1 heterocycles. The molecule has 0 bridgehead atoms. The van der Waals surface area contributed by atoms with Gasteiger partial charge in [0.2, 0.25) is 5.91 Å². The van der Waals surface area contributed by atoms with Gasteiger partial charge in [0, 0.05) is 18.7 Å². The first-order chi connectivity index (χ1) is 11.9. The number of piperidine rings is 1. The molecule has 1 unspecified atom stereocenters. The molecule has 0 radical (unpaired) electrons. The summed E-state index contributed by atoms with van der Waals surface area (Å²) in [4.78, 5) is 24.0. The summed E-state index contributed by atoms with van der Waals surface area (Å²) in [6.45, 7) is 2.91. The number of hydrogen-bond acceptors (Lipinski definition) is 4. The van der Waals surface area contributed by atoms with Crippen molar-refractivity contribution >= 4 is 23.5 Å². The standard InChI is InChI=1S/C18H25ClN2O4/c1-3-10-25-12-20(2)21-16(13-4-7-15(19)8-5-13)9-6-14(18(21)24)11-17(22)23/h4-5,7-8,14,16H,3,6,9-12H2,1-2H3,(H,22,23)/t14-,16?/m1/s1. The van der Waals surface area contributed by atoms with E-state index in [1.807, 2.05) is 19.1 Å². The molecule has 1 aromatic carbocycles. The molecule has 0 aliphatic carbocycles. The summed E-state index contributed by atoms with van der Waals surface area (Å²) in [5.41, 5.74) is 0.980. The molecule has 1 aliphatic heterocycles. The highest BCUT2D eigenvalue weighted by Crippen LogP contribution is 2.36. The number of halogens is 1. The van der Waals surface area contributed by atoms with E-state index in [9.17, 15) is 9.59 Å². The van der Waals surface area contributed by atoms with E-state index in [-0.39, 0.29) is 25.1 Å². The molecule has 25 heavy (non-hydrogen) atoms. The predicted octanol–water partition coefficient (Wildman–Crippen LogP) is 3.33. The minimum absolute atomic E-state index is 0.146. The van der Waals surface area contributed by atoms with Gasteiger partial charge in [0.05, 0.1) is 18.4 Å². The van der Waals surface area contributed by atoms with Gasteiger partial charge in [-0.05, 0) is 37.0 Å². The number of nitrogens with zero attached hydrogens (tertiary/aromatic N) is 2. The summed E-state index contributed by atoms with van der Waals surface area (Å²) in [5, 5.41) is 13.1. The van der Waals surface area contributed by atoms with Gasteiger partial charge in [-0.15, -0.1) is 0 Å². The highest BCUT2D eigenvalue weighted by molar-refractivity contribution is 6.30. The lowest BCUT2D eigenvalue weighted by Crippen LogP contribution is -2.52. The summed E-state index contributed by atoms with van der Waals surface area (Å²) in [6, 6.07) is 7.27. The normalized spacial score (nSPS) is 21.0. The maximum absolute atomic E-state index is 12.9. The molecule has 0 spiro atoms. The zero-order valence-corrected chi connectivity index (χ0v) is 15.4. The van der Waals surface area contributed by atoms with Crippen molar-refractivity contribution in [2.45, 2.75) is 38.6 Å². The molecule has 1 aromatic rings.